The highest BCUT2D eigenvalue weighted by Crippen LogP contribution is 2.09. The van der Waals surface area contributed by atoms with Crippen LogP contribution in [0.25, 0.3) is 11.2 Å². The summed E-state index contributed by atoms with van der Waals surface area (Å²) in [7, 11) is 0. The average molecular weight is 263 g/mol. The maximum atomic E-state index is 11.5. The zero-order chi connectivity index (χ0) is 13.7. The molecule has 2 rings (SSSR count). The summed E-state index contributed by atoms with van der Waals surface area (Å²) in [6.45, 7) is 1.77. The molecule has 0 spiro atoms. The van der Waals surface area contributed by atoms with E-state index in [-0.39, 0.29) is 13.2 Å². The summed E-state index contributed by atoms with van der Waals surface area (Å²) in [6.07, 6.45) is 3.12. The number of aromatic amines is 1. The molecule has 0 unspecified atom stereocenters. The Bertz CT molecular complexity index is 595. The molecular weight excluding hydrogens is 250 g/mol. The molecule has 2 heterocycles. The van der Waals surface area contributed by atoms with E-state index >= 15 is 0 Å². The summed E-state index contributed by atoms with van der Waals surface area (Å²) in [4.78, 5) is 33.6. The van der Waals surface area contributed by atoms with E-state index in [4.69, 9.17) is 0 Å². The molecule has 0 aliphatic carbocycles. The molecule has 0 fully saturated rings. The molecule has 0 aromatic carbocycles. The number of aromatic nitrogens is 3. The van der Waals surface area contributed by atoms with E-state index in [0.29, 0.717) is 17.0 Å². The number of fused-ring (bicyclic) bond motifs is 1. The first-order valence-corrected chi connectivity index (χ1v) is 5.69. The van der Waals surface area contributed by atoms with Crippen LogP contribution in [0.2, 0.25) is 0 Å². The minimum Gasteiger partial charge on any atom is -0.465 e. The number of H-pyrrole nitrogens is 1. The number of hydrogen-bond donors (Lipinski definition) is 3. The summed E-state index contributed by atoms with van der Waals surface area (Å²) >= 11 is 0. The van der Waals surface area contributed by atoms with Gasteiger partial charge in [0.25, 0.3) is 0 Å². The lowest BCUT2D eigenvalue weighted by molar-refractivity contribution is -0.141. The Morgan fingerprint density at radius 2 is 2.32 bits per heavy atom. The van der Waals surface area contributed by atoms with Crippen LogP contribution in [0.4, 0.5) is 10.6 Å². The van der Waals surface area contributed by atoms with E-state index in [9.17, 15) is 9.59 Å². The molecule has 2 aromatic rings. The molecule has 2 aromatic heterocycles. The van der Waals surface area contributed by atoms with Crippen LogP contribution in [-0.4, -0.2) is 40.1 Å². The molecular formula is C11H13N5O3. The van der Waals surface area contributed by atoms with Crippen molar-refractivity contribution in [3.63, 3.8) is 0 Å². The SMILES string of the molecule is CCOC(=O)CNC(=O)Nc1cnc2[nH]ccc2n1. The number of amides is 2. The van der Waals surface area contributed by atoms with Gasteiger partial charge in [-0.25, -0.2) is 14.8 Å². The fourth-order valence-electron chi connectivity index (χ4n) is 1.42. The van der Waals surface area contributed by atoms with Gasteiger partial charge in [-0.05, 0) is 13.0 Å². The Labute approximate surface area is 108 Å². The molecule has 100 valence electrons. The maximum Gasteiger partial charge on any atom is 0.325 e. The number of urea groups is 1. The van der Waals surface area contributed by atoms with Crippen LogP contribution < -0.4 is 10.6 Å². The third-order valence-corrected chi connectivity index (χ3v) is 2.20. The van der Waals surface area contributed by atoms with Crippen LogP contribution in [0.15, 0.2) is 18.5 Å². The number of rotatable bonds is 4. The molecule has 8 heteroatoms. The van der Waals surface area contributed by atoms with Crippen molar-refractivity contribution in [3.05, 3.63) is 18.5 Å². The molecule has 0 atom stereocenters. The first kappa shape index (κ1) is 12.8. The van der Waals surface area contributed by atoms with E-state index in [1.165, 1.54) is 6.20 Å². The minimum absolute atomic E-state index is 0.195. The number of carbonyl (C=O) groups excluding carboxylic acids is 2. The highest BCUT2D eigenvalue weighted by Gasteiger charge is 2.07. The molecule has 0 aliphatic heterocycles. The number of nitrogens with zero attached hydrogens (tertiary/aromatic N) is 2. The van der Waals surface area contributed by atoms with Crippen LogP contribution in [-0.2, 0) is 9.53 Å². The lowest BCUT2D eigenvalue weighted by atomic mass is 10.5. The van der Waals surface area contributed by atoms with E-state index in [0.717, 1.165) is 0 Å². The number of ether oxygens (including phenoxy) is 1. The van der Waals surface area contributed by atoms with E-state index < -0.39 is 12.0 Å². The molecule has 0 radical (unpaired) electrons. The minimum atomic E-state index is -0.544. The number of hydrogen-bond acceptors (Lipinski definition) is 5. The first-order chi connectivity index (χ1) is 9.19. The average Bonchev–Trinajstić information content (AvgIpc) is 2.84. The second-order valence-electron chi connectivity index (χ2n) is 3.58. The standard InChI is InChI=1S/C11H13N5O3/c1-2-19-9(17)6-14-11(18)16-8-5-13-10-7(15-8)3-4-12-10/h3-5H,2,6H2,1H3,(H,12,13)(H2,14,15,16,18). The zero-order valence-electron chi connectivity index (χ0n) is 10.3. The van der Waals surface area contributed by atoms with Gasteiger partial charge in [0.1, 0.15) is 12.1 Å². The van der Waals surface area contributed by atoms with E-state index in [2.05, 4.69) is 30.3 Å². The number of anilines is 1. The first-order valence-electron chi connectivity index (χ1n) is 5.69. The van der Waals surface area contributed by atoms with Crippen molar-refractivity contribution in [2.75, 3.05) is 18.5 Å². The highest BCUT2D eigenvalue weighted by atomic mass is 16.5. The third kappa shape index (κ3) is 3.41. The molecule has 0 saturated carbocycles. The van der Waals surface area contributed by atoms with E-state index in [1.54, 1.807) is 19.2 Å². The third-order valence-electron chi connectivity index (χ3n) is 2.20. The molecule has 8 nitrogen and oxygen atoms in total. The van der Waals surface area contributed by atoms with Crippen molar-refractivity contribution < 1.29 is 14.3 Å². The van der Waals surface area contributed by atoms with Crippen molar-refractivity contribution >= 4 is 29.0 Å². The summed E-state index contributed by atoms with van der Waals surface area (Å²) in [5.74, 6) is -0.196. The second kappa shape index (κ2) is 5.80. The van der Waals surface area contributed by atoms with Gasteiger partial charge in [0.2, 0.25) is 0 Å². The summed E-state index contributed by atoms with van der Waals surface area (Å²) < 4.78 is 4.68. The lowest BCUT2D eigenvalue weighted by Crippen LogP contribution is -2.34. The predicted octanol–water partition coefficient (Wildman–Crippen LogP) is 0.642. The molecule has 2 amide bonds. The molecule has 0 bridgehead atoms. The zero-order valence-corrected chi connectivity index (χ0v) is 10.3. The van der Waals surface area contributed by atoms with Gasteiger partial charge in [0.15, 0.2) is 11.5 Å². The monoisotopic (exact) mass is 263 g/mol. The summed E-state index contributed by atoms with van der Waals surface area (Å²) in [5.41, 5.74) is 1.28. The smallest absolute Gasteiger partial charge is 0.325 e. The number of esters is 1. The topological polar surface area (TPSA) is 109 Å². The van der Waals surface area contributed by atoms with Gasteiger partial charge in [-0.1, -0.05) is 0 Å². The fourth-order valence-corrected chi connectivity index (χ4v) is 1.42. The molecule has 3 N–H and O–H groups in total. The Hall–Kier alpha value is -2.64. The Balaban J connectivity index is 1.89. The fraction of sp³-hybridized carbons (Fsp3) is 0.273. The highest BCUT2D eigenvalue weighted by molar-refractivity contribution is 5.91. The lowest BCUT2D eigenvalue weighted by Gasteiger charge is -2.06. The Morgan fingerprint density at radius 3 is 3.11 bits per heavy atom. The van der Waals surface area contributed by atoms with Crippen LogP contribution in [0.3, 0.4) is 0 Å². The van der Waals surface area contributed by atoms with Crippen molar-refractivity contribution in [2.24, 2.45) is 0 Å². The molecule has 0 saturated heterocycles. The summed E-state index contributed by atoms with van der Waals surface area (Å²) in [5, 5.41) is 4.83. The Morgan fingerprint density at radius 1 is 1.47 bits per heavy atom. The van der Waals surface area contributed by atoms with Crippen molar-refractivity contribution in [1.29, 1.82) is 0 Å². The van der Waals surface area contributed by atoms with Gasteiger partial charge in [-0.2, -0.15) is 0 Å². The number of nitrogens with one attached hydrogen (secondary N) is 3. The van der Waals surface area contributed by atoms with Gasteiger partial charge in [0.05, 0.1) is 12.8 Å². The van der Waals surface area contributed by atoms with Crippen molar-refractivity contribution in [2.45, 2.75) is 6.92 Å². The van der Waals surface area contributed by atoms with Gasteiger partial charge in [-0.3, -0.25) is 10.1 Å². The van der Waals surface area contributed by atoms with Gasteiger partial charge < -0.3 is 15.0 Å². The normalized spacial score (nSPS) is 10.2. The van der Waals surface area contributed by atoms with Crippen LogP contribution in [0.5, 0.6) is 0 Å². The van der Waals surface area contributed by atoms with Crippen molar-refractivity contribution in [3.8, 4) is 0 Å². The van der Waals surface area contributed by atoms with Gasteiger partial charge >= 0.3 is 12.0 Å². The van der Waals surface area contributed by atoms with Gasteiger partial charge in [-0.15, -0.1) is 0 Å². The maximum absolute atomic E-state index is 11.5. The van der Waals surface area contributed by atoms with Crippen LogP contribution >= 0.6 is 0 Å². The van der Waals surface area contributed by atoms with Crippen molar-refractivity contribution in [1.82, 2.24) is 20.3 Å². The van der Waals surface area contributed by atoms with Crippen LogP contribution in [0, 0.1) is 0 Å². The predicted molar refractivity (Wildman–Crippen MR) is 67.5 cm³/mol. The van der Waals surface area contributed by atoms with E-state index in [1.807, 2.05) is 0 Å². The largest absolute Gasteiger partial charge is 0.465 e. The molecule has 0 aliphatic rings. The Kier molecular flexibility index (Phi) is 3.91. The number of carbonyl (C=O) groups is 2. The molecule has 19 heavy (non-hydrogen) atoms. The quantitative estimate of drug-likeness (QED) is 0.701. The summed E-state index contributed by atoms with van der Waals surface area (Å²) in [6, 6.07) is 1.20. The van der Waals surface area contributed by atoms with Gasteiger partial charge in [0, 0.05) is 6.20 Å². The second-order valence-corrected chi connectivity index (χ2v) is 3.58. The van der Waals surface area contributed by atoms with Crippen LogP contribution in [0.1, 0.15) is 6.92 Å².